The van der Waals surface area contributed by atoms with Gasteiger partial charge in [-0.15, -0.1) is 11.3 Å². The molecule has 1 aliphatic heterocycles. The lowest BCUT2D eigenvalue weighted by Crippen LogP contribution is -2.24. The summed E-state index contributed by atoms with van der Waals surface area (Å²) in [5.41, 5.74) is 9.91. The van der Waals surface area contributed by atoms with Gasteiger partial charge < -0.3 is 16.2 Å². The first-order valence-electron chi connectivity index (χ1n) is 9.21. The predicted molar refractivity (Wildman–Crippen MR) is 111 cm³/mol. The van der Waals surface area contributed by atoms with Gasteiger partial charge in [0, 0.05) is 36.1 Å². The fourth-order valence-electron chi connectivity index (χ4n) is 3.62. The minimum absolute atomic E-state index is 0.140. The van der Waals surface area contributed by atoms with E-state index in [0.717, 1.165) is 44.9 Å². The van der Waals surface area contributed by atoms with Gasteiger partial charge in [0.15, 0.2) is 0 Å². The van der Waals surface area contributed by atoms with Crippen LogP contribution in [0.4, 0.5) is 5.82 Å². The van der Waals surface area contributed by atoms with Gasteiger partial charge in [0.25, 0.3) is 0 Å². The molecule has 1 saturated heterocycles. The Morgan fingerprint density at radius 2 is 2.14 bits per heavy atom. The number of pyridine rings is 1. The van der Waals surface area contributed by atoms with Gasteiger partial charge in [-0.3, -0.25) is 4.68 Å². The average Bonchev–Trinajstić information content (AvgIpc) is 3.46. The quantitative estimate of drug-likeness (QED) is 0.494. The molecule has 0 radical (unpaired) electrons. The molecule has 0 aliphatic carbocycles. The Balaban J connectivity index is 1.48. The second-order valence-corrected chi connectivity index (χ2v) is 8.06. The van der Waals surface area contributed by atoms with E-state index < -0.39 is 0 Å². The molecule has 1 fully saturated rings. The van der Waals surface area contributed by atoms with E-state index in [2.05, 4.69) is 21.5 Å². The van der Waals surface area contributed by atoms with Crippen molar-refractivity contribution < 1.29 is 5.11 Å². The second kappa shape index (κ2) is 6.97. The molecule has 4 N–H and O–H groups in total. The second-order valence-electron chi connectivity index (χ2n) is 7.03. The van der Waals surface area contributed by atoms with Crippen molar-refractivity contribution in [1.82, 2.24) is 25.1 Å². The van der Waals surface area contributed by atoms with Crippen LogP contribution in [0, 0.1) is 0 Å². The molecule has 0 saturated carbocycles. The summed E-state index contributed by atoms with van der Waals surface area (Å²) >= 11 is 1.61. The lowest BCUT2D eigenvalue weighted by molar-refractivity contribution is 0.252. The Morgan fingerprint density at radius 1 is 1.25 bits per heavy atom. The molecule has 2 unspecified atom stereocenters. The molecular weight excluding hydrogens is 372 g/mol. The highest BCUT2D eigenvalue weighted by Gasteiger charge is 2.25. The van der Waals surface area contributed by atoms with Gasteiger partial charge in [-0.1, -0.05) is 12.1 Å². The van der Waals surface area contributed by atoms with Crippen molar-refractivity contribution in [2.45, 2.75) is 18.5 Å². The average molecular weight is 392 g/mol. The molecule has 4 heterocycles. The highest BCUT2D eigenvalue weighted by atomic mass is 32.1. The number of aliphatic hydroxyl groups excluding tert-OH is 1. The number of nitrogen functional groups attached to an aromatic ring is 1. The van der Waals surface area contributed by atoms with Crippen LogP contribution in [-0.2, 0) is 0 Å². The summed E-state index contributed by atoms with van der Waals surface area (Å²) in [4.78, 5) is 9.11. The molecule has 0 bridgehead atoms. The third kappa shape index (κ3) is 3.05. The highest BCUT2D eigenvalue weighted by molar-refractivity contribution is 7.21. The predicted octanol–water partition coefficient (Wildman–Crippen LogP) is 2.70. The fraction of sp³-hybridized carbons (Fsp3) is 0.250. The number of nitrogens with one attached hydrogen (secondary N) is 1. The maximum Gasteiger partial charge on any atom is 0.133 e. The number of nitrogens with two attached hydrogens (primary N) is 1. The zero-order valence-corrected chi connectivity index (χ0v) is 15.9. The van der Waals surface area contributed by atoms with Crippen molar-refractivity contribution in [1.29, 1.82) is 0 Å². The van der Waals surface area contributed by atoms with E-state index in [0.29, 0.717) is 5.82 Å². The molecular formula is C20H20N6OS. The van der Waals surface area contributed by atoms with Gasteiger partial charge in [0.1, 0.15) is 10.8 Å². The summed E-state index contributed by atoms with van der Waals surface area (Å²) in [5, 5.41) is 18.0. The van der Waals surface area contributed by atoms with Crippen molar-refractivity contribution in [3.63, 3.8) is 0 Å². The zero-order valence-electron chi connectivity index (χ0n) is 15.1. The van der Waals surface area contributed by atoms with Crippen LogP contribution >= 0.6 is 11.3 Å². The van der Waals surface area contributed by atoms with Crippen LogP contribution < -0.4 is 11.1 Å². The van der Waals surface area contributed by atoms with Crippen LogP contribution in [0.15, 0.2) is 48.9 Å². The van der Waals surface area contributed by atoms with Gasteiger partial charge in [-0.05, 0) is 24.6 Å². The molecule has 5 rings (SSSR count). The van der Waals surface area contributed by atoms with Crippen LogP contribution in [0.3, 0.4) is 0 Å². The summed E-state index contributed by atoms with van der Waals surface area (Å²) in [5.74, 6) is 0.473. The largest absolute Gasteiger partial charge is 0.395 e. The minimum Gasteiger partial charge on any atom is -0.395 e. The normalized spacial score (nSPS) is 19.5. The SMILES string of the molecule is Nc1ncc(-c2cnn(C3CNC(CO)C3)c2)cc1-c1nc2ccccc2s1. The van der Waals surface area contributed by atoms with Crippen LogP contribution in [0.1, 0.15) is 12.5 Å². The molecule has 3 aromatic heterocycles. The first kappa shape index (κ1) is 17.3. The number of para-hydroxylation sites is 1. The Labute approximate surface area is 165 Å². The maximum atomic E-state index is 9.31. The number of thiazole rings is 1. The van der Waals surface area contributed by atoms with E-state index in [1.54, 1.807) is 17.5 Å². The molecule has 2 atom stereocenters. The van der Waals surface area contributed by atoms with Crippen LogP contribution in [-0.4, -0.2) is 44.0 Å². The lowest BCUT2D eigenvalue weighted by Gasteiger charge is -2.09. The van der Waals surface area contributed by atoms with Crippen molar-refractivity contribution >= 4 is 27.4 Å². The van der Waals surface area contributed by atoms with Gasteiger partial charge >= 0.3 is 0 Å². The number of benzene rings is 1. The number of hydrogen-bond acceptors (Lipinski definition) is 7. The van der Waals surface area contributed by atoms with Gasteiger partial charge in [-0.25, -0.2) is 9.97 Å². The summed E-state index contributed by atoms with van der Waals surface area (Å²) in [6, 6.07) is 10.5. The zero-order chi connectivity index (χ0) is 19.1. The van der Waals surface area contributed by atoms with Crippen LogP contribution in [0.2, 0.25) is 0 Å². The molecule has 142 valence electrons. The van der Waals surface area contributed by atoms with Crippen molar-refractivity contribution in [3.8, 4) is 21.7 Å². The third-order valence-electron chi connectivity index (χ3n) is 5.17. The number of rotatable bonds is 4. The number of aromatic nitrogens is 4. The van der Waals surface area contributed by atoms with Crippen molar-refractivity contribution in [3.05, 3.63) is 48.9 Å². The number of hydrogen-bond donors (Lipinski definition) is 3. The topological polar surface area (TPSA) is 102 Å². The third-order valence-corrected chi connectivity index (χ3v) is 6.24. The van der Waals surface area contributed by atoms with E-state index in [9.17, 15) is 5.11 Å². The van der Waals surface area contributed by atoms with E-state index in [1.165, 1.54) is 0 Å². The van der Waals surface area contributed by atoms with E-state index in [4.69, 9.17) is 10.7 Å². The smallest absolute Gasteiger partial charge is 0.133 e. The standard InChI is InChI=1S/C20H20N6OS/c21-19-16(20-25-17-3-1-2-4-18(17)28-20)5-12(7-23-19)13-8-24-26(10-13)15-6-14(11-27)22-9-15/h1-5,7-8,10,14-15,22,27H,6,9,11H2,(H2,21,23). The Morgan fingerprint density at radius 3 is 2.96 bits per heavy atom. The monoisotopic (exact) mass is 392 g/mol. The molecule has 7 nitrogen and oxygen atoms in total. The maximum absolute atomic E-state index is 9.31. The number of anilines is 1. The summed E-state index contributed by atoms with van der Waals surface area (Å²) < 4.78 is 3.09. The Hall–Kier alpha value is -2.81. The summed E-state index contributed by atoms with van der Waals surface area (Å²) in [7, 11) is 0. The van der Waals surface area contributed by atoms with E-state index in [1.807, 2.05) is 41.3 Å². The summed E-state index contributed by atoms with van der Waals surface area (Å²) in [6.45, 7) is 0.960. The minimum atomic E-state index is 0.140. The van der Waals surface area contributed by atoms with Gasteiger partial charge in [-0.2, -0.15) is 5.10 Å². The Bertz CT molecular complexity index is 1100. The van der Waals surface area contributed by atoms with Crippen LogP contribution in [0.25, 0.3) is 31.9 Å². The van der Waals surface area contributed by atoms with Crippen molar-refractivity contribution in [2.75, 3.05) is 18.9 Å². The van der Waals surface area contributed by atoms with E-state index in [-0.39, 0.29) is 18.7 Å². The van der Waals surface area contributed by atoms with Crippen molar-refractivity contribution in [2.24, 2.45) is 0 Å². The van der Waals surface area contributed by atoms with Crippen LogP contribution in [0.5, 0.6) is 0 Å². The molecule has 1 aromatic carbocycles. The van der Waals surface area contributed by atoms with Gasteiger partial charge in [0.05, 0.1) is 34.6 Å². The fourth-order valence-corrected chi connectivity index (χ4v) is 4.61. The summed E-state index contributed by atoms with van der Waals surface area (Å²) in [6.07, 6.45) is 6.52. The first-order valence-corrected chi connectivity index (χ1v) is 10.0. The molecule has 8 heteroatoms. The molecule has 4 aromatic rings. The first-order chi connectivity index (χ1) is 13.7. The lowest BCUT2D eigenvalue weighted by atomic mass is 10.1. The number of nitrogens with zero attached hydrogens (tertiary/aromatic N) is 4. The molecule has 28 heavy (non-hydrogen) atoms. The van der Waals surface area contributed by atoms with E-state index >= 15 is 0 Å². The number of aliphatic hydroxyl groups is 1. The molecule has 0 amide bonds. The number of fused-ring (bicyclic) bond motifs is 1. The highest BCUT2D eigenvalue weighted by Crippen LogP contribution is 2.35. The molecule has 1 aliphatic rings. The van der Waals surface area contributed by atoms with Gasteiger partial charge in [0.2, 0.25) is 0 Å². The molecule has 0 spiro atoms. The Kier molecular flexibility index (Phi) is 4.31.